The highest BCUT2D eigenvalue weighted by atomic mass is 79.9. The summed E-state index contributed by atoms with van der Waals surface area (Å²) in [5.74, 6) is 1.38. The maximum Gasteiger partial charge on any atom is 0.179 e. The molecule has 110 valence electrons. The second kappa shape index (κ2) is 6.69. The first-order valence-corrected chi connectivity index (χ1v) is 7.92. The quantitative estimate of drug-likeness (QED) is 0.879. The van der Waals surface area contributed by atoms with Gasteiger partial charge in [-0.15, -0.1) is 0 Å². The zero-order valence-electron chi connectivity index (χ0n) is 11.4. The number of ether oxygens (including phenoxy) is 2. The third kappa shape index (κ3) is 3.70. The van der Waals surface area contributed by atoms with Crippen molar-refractivity contribution in [3.63, 3.8) is 0 Å². The summed E-state index contributed by atoms with van der Waals surface area (Å²) in [5.41, 5.74) is 2.32. The van der Waals surface area contributed by atoms with Gasteiger partial charge >= 0.3 is 0 Å². The molecule has 0 aliphatic carbocycles. The molecule has 0 amide bonds. The van der Waals surface area contributed by atoms with Gasteiger partial charge in [0.25, 0.3) is 0 Å². The van der Waals surface area contributed by atoms with Gasteiger partial charge in [0, 0.05) is 17.6 Å². The van der Waals surface area contributed by atoms with E-state index in [1.54, 1.807) is 0 Å². The fourth-order valence-electron chi connectivity index (χ4n) is 2.22. The highest BCUT2D eigenvalue weighted by molar-refractivity contribution is 9.10. The molecule has 0 spiro atoms. The molecule has 0 bridgehead atoms. The van der Waals surface area contributed by atoms with E-state index in [-0.39, 0.29) is 0 Å². The van der Waals surface area contributed by atoms with E-state index in [0.29, 0.717) is 24.0 Å². The number of benzene rings is 2. The first-order chi connectivity index (χ1) is 10.2. The number of nitrogens with one attached hydrogen (secondary N) is 1. The minimum Gasteiger partial charge on any atom is -0.486 e. The van der Waals surface area contributed by atoms with Crippen molar-refractivity contribution in [3.8, 4) is 11.5 Å². The Balaban J connectivity index is 1.63. The van der Waals surface area contributed by atoms with Crippen molar-refractivity contribution in [2.24, 2.45) is 0 Å². The van der Waals surface area contributed by atoms with Crippen LogP contribution in [0.2, 0.25) is 5.02 Å². The molecule has 3 rings (SSSR count). The van der Waals surface area contributed by atoms with Crippen molar-refractivity contribution in [2.45, 2.75) is 13.1 Å². The van der Waals surface area contributed by atoms with Crippen LogP contribution in [0.1, 0.15) is 11.1 Å². The molecule has 2 aromatic carbocycles. The fourth-order valence-corrected chi connectivity index (χ4v) is 2.77. The van der Waals surface area contributed by atoms with Gasteiger partial charge < -0.3 is 14.8 Å². The van der Waals surface area contributed by atoms with E-state index < -0.39 is 0 Å². The Hall–Kier alpha value is -1.23. The van der Waals surface area contributed by atoms with E-state index in [0.717, 1.165) is 28.9 Å². The standard InChI is InChI=1S/C16H15BrClNO2/c17-13-3-1-11(2-4-13)9-19-10-12-7-14(18)16-15(8-12)20-5-6-21-16/h1-4,7-8,19H,5-6,9-10H2. The number of halogens is 2. The SMILES string of the molecule is Clc1cc(CNCc2ccc(Br)cc2)cc2c1OCCO2. The van der Waals surface area contributed by atoms with Crippen molar-refractivity contribution in [1.29, 1.82) is 0 Å². The summed E-state index contributed by atoms with van der Waals surface area (Å²) in [4.78, 5) is 0. The first kappa shape index (κ1) is 14.7. The molecule has 0 unspecified atom stereocenters. The lowest BCUT2D eigenvalue weighted by Gasteiger charge is -2.20. The molecule has 1 aliphatic heterocycles. The summed E-state index contributed by atoms with van der Waals surface area (Å²) in [6, 6.07) is 12.2. The minimum absolute atomic E-state index is 0.549. The van der Waals surface area contributed by atoms with Gasteiger partial charge in [-0.1, -0.05) is 39.7 Å². The summed E-state index contributed by atoms with van der Waals surface area (Å²) < 4.78 is 12.2. The average molecular weight is 369 g/mol. The molecular formula is C16H15BrClNO2. The van der Waals surface area contributed by atoms with E-state index in [4.69, 9.17) is 21.1 Å². The van der Waals surface area contributed by atoms with E-state index in [1.165, 1.54) is 5.56 Å². The summed E-state index contributed by atoms with van der Waals surface area (Å²) in [6.45, 7) is 2.65. The van der Waals surface area contributed by atoms with E-state index in [2.05, 4.69) is 33.4 Å². The number of hydrogen-bond acceptors (Lipinski definition) is 3. The Morgan fingerprint density at radius 3 is 2.52 bits per heavy atom. The van der Waals surface area contributed by atoms with E-state index >= 15 is 0 Å². The van der Waals surface area contributed by atoms with Gasteiger partial charge in [-0.05, 0) is 35.4 Å². The lowest BCUT2D eigenvalue weighted by atomic mass is 10.1. The predicted molar refractivity (Wildman–Crippen MR) is 87.1 cm³/mol. The van der Waals surface area contributed by atoms with Crippen LogP contribution in [0, 0.1) is 0 Å². The summed E-state index contributed by atoms with van der Waals surface area (Å²) in [7, 11) is 0. The van der Waals surface area contributed by atoms with Crippen molar-refractivity contribution in [3.05, 3.63) is 57.0 Å². The van der Waals surface area contributed by atoms with Gasteiger partial charge in [0.2, 0.25) is 0 Å². The van der Waals surface area contributed by atoms with Crippen LogP contribution in [0.3, 0.4) is 0 Å². The molecule has 3 nitrogen and oxygen atoms in total. The third-order valence-electron chi connectivity index (χ3n) is 3.23. The van der Waals surface area contributed by atoms with Crippen molar-refractivity contribution < 1.29 is 9.47 Å². The molecule has 1 aliphatic rings. The summed E-state index contributed by atoms with van der Waals surface area (Å²) in [6.07, 6.45) is 0. The molecule has 0 saturated heterocycles. The predicted octanol–water partition coefficient (Wildman–Crippen LogP) is 4.16. The van der Waals surface area contributed by atoms with Gasteiger partial charge in [0.15, 0.2) is 11.5 Å². The van der Waals surface area contributed by atoms with Crippen molar-refractivity contribution in [2.75, 3.05) is 13.2 Å². The van der Waals surface area contributed by atoms with Crippen LogP contribution in [-0.4, -0.2) is 13.2 Å². The molecule has 1 heterocycles. The molecule has 1 N–H and O–H groups in total. The zero-order chi connectivity index (χ0) is 14.7. The minimum atomic E-state index is 0.549. The Kier molecular flexibility index (Phi) is 4.68. The maximum absolute atomic E-state index is 6.22. The van der Waals surface area contributed by atoms with Crippen molar-refractivity contribution >= 4 is 27.5 Å². The maximum atomic E-state index is 6.22. The Bertz CT molecular complexity index is 631. The van der Waals surface area contributed by atoms with Gasteiger partial charge in [0.05, 0.1) is 5.02 Å². The Labute approximate surface area is 137 Å². The molecule has 0 atom stereocenters. The molecule has 21 heavy (non-hydrogen) atoms. The molecule has 0 saturated carbocycles. The largest absolute Gasteiger partial charge is 0.486 e. The van der Waals surface area contributed by atoms with Crippen molar-refractivity contribution in [1.82, 2.24) is 5.32 Å². The number of fused-ring (bicyclic) bond motifs is 1. The summed E-state index contributed by atoms with van der Waals surface area (Å²) >= 11 is 9.66. The highest BCUT2D eigenvalue weighted by Crippen LogP contribution is 2.38. The van der Waals surface area contributed by atoms with Crippen LogP contribution < -0.4 is 14.8 Å². The van der Waals surface area contributed by atoms with Crippen LogP contribution in [-0.2, 0) is 13.1 Å². The molecule has 0 fully saturated rings. The zero-order valence-corrected chi connectivity index (χ0v) is 13.7. The molecule has 0 radical (unpaired) electrons. The molecule has 2 aromatic rings. The van der Waals surface area contributed by atoms with Crippen LogP contribution in [0.4, 0.5) is 0 Å². The Morgan fingerprint density at radius 2 is 1.71 bits per heavy atom. The molecular weight excluding hydrogens is 354 g/mol. The normalized spacial score (nSPS) is 13.2. The highest BCUT2D eigenvalue weighted by Gasteiger charge is 2.16. The van der Waals surface area contributed by atoms with E-state index in [9.17, 15) is 0 Å². The van der Waals surface area contributed by atoms with Gasteiger partial charge in [0.1, 0.15) is 13.2 Å². The smallest absolute Gasteiger partial charge is 0.179 e. The lowest BCUT2D eigenvalue weighted by molar-refractivity contribution is 0.171. The first-order valence-electron chi connectivity index (χ1n) is 6.75. The average Bonchev–Trinajstić information content (AvgIpc) is 2.49. The van der Waals surface area contributed by atoms with E-state index in [1.807, 2.05) is 24.3 Å². The second-order valence-electron chi connectivity index (χ2n) is 4.83. The third-order valence-corrected chi connectivity index (χ3v) is 4.04. The lowest BCUT2D eigenvalue weighted by Crippen LogP contribution is -2.17. The van der Waals surface area contributed by atoms with Crippen LogP contribution in [0.5, 0.6) is 11.5 Å². The number of hydrogen-bond donors (Lipinski definition) is 1. The molecule has 0 aromatic heterocycles. The summed E-state index contributed by atoms with van der Waals surface area (Å²) in [5, 5.41) is 4.01. The molecule has 5 heteroatoms. The fraction of sp³-hybridized carbons (Fsp3) is 0.250. The van der Waals surface area contributed by atoms with Crippen LogP contribution >= 0.6 is 27.5 Å². The van der Waals surface area contributed by atoms with Crippen LogP contribution in [0.25, 0.3) is 0 Å². The van der Waals surface area contributed by atoms with Crippen LogP contribution in [0.15, 0.2) is 40.9 Å². The topological polar surface area (TPSA) is 30.5 Å². The van der Waals surface area contributed by atoms with Gasteiger partial charge in [-0.25, -0.2) is 0 Å². The van der Waals surface area contributed by atoms with Gasteiger partial charge in [-0.2, -0.15) is 0 Å². The Morgan fingerprint density at radius 1 is 1.00 bits per heavy atom. The second-order valence-corrected chi connectivity index (χ2v) is 6.15. The monoisotopic (exact) mass is 367 g/mol. The van der Waals surface area contributed by atoms with Gasteiger partial charge in [-0.3, -0.25) is 0 Å². The number of rotatable bonds is 4.